The third-order valence-electron chi connectivity index (χ3n) is 3.40. The number of imide groups is 1. The molecule has 1 aliphatic carbocycles. The molecular formula is C14H22N2O4. The lowest BCUT2D eigenvalue weighted by Crippen LogP contribution is -2.44. The van der Waals surface area contributed by atoms with Crippen molar-refractivity contribution >= 4 is 17.9 Å². The molecule has 20 heavy (non-hydrogen) atoms. The largest absolute Gasteiger partial charge is 0.478 e. The molecule has 2 N–H and O–H groups in total. The first kappa shape index (κ1) is 16.2. The minimum absolute atomic E-state index is 0.0497. The summed E-state index contributed by atoms with van der Waals surface area (Å²) in [6.45, 7) is 5.96. The summed E-state index contributed by atoms with van der Waals surface area (Å²) in [5.41, 5.74) is -0.00625. The number of carbonyl (C=O) groups is 3. The van der Waals surface area contributed by atoms with Crippen molar-refractivity contribution in [3.05, 3.63) is 11.1 Å². The Morgan fingerprint density at radius 3 is 2.25 bits per heavy atom. The third kappa shape index (κ3) is 4.68. The van der Waals surface area contributed by atoms with Crippen LogP contribution in [0.3, 0.4) is 0 Å². The Balaban J connectivity index is 2.64. The molecular weight excluding hydrogens is 260 g/mol. The topological polar surface area (TPSA) is 86.7 Å². The van der Waals surface area contributed by atoms with E-state index in [1.54, 1.807) is 4.90 Å². The summed E-state index contributed by atoms with van der Waals surface area (Å²) < 4.78 is 0. The van der Waals surface area contributed by atoms with E-state index in [2.05, 4.69) is 5.32 Å². The minimum Gasteiger partial charge on any atom is -0.478 e. The molecule has 0 aliphatic heterocycles. The SMILES string of the molecule is CCCN(CC1CC1)C(=O)NC(=O)C(C)=C(C)C(=O)O. The van der Waals surface area contributed by atoms with Gasteiger partial charge in [0.25, 0.3) is 5.91 Å². The lowest BCUT2D eigenvalue weighted by molar-refractivity contribution is -0.133. The second-order valence-electron chi connectivity index (χ2n) is 5.20. The fraction of sp³-hybridized carbons (Fsp3) is 0.643. The molecule has 0 atom stereocenters. The van der Waals surface area contributed by atoms with Crippen molar-refractivity contribution in [2.45, 2.75) is 40.0 Å². The van der Waals surface area contributed by atoms with Crippen molar-refractivity contribution in [1.82, 2.24) is 10.2 Å². The molecule has 0 aromatic heterocycles. The van der Waals surface area contributed by atoms with Gasteiger partial charge < -0.3 is 10.0 Å². The Bertz CT molecular complexity index is 438. The molecule has 3 amide bonds. The number of urea groups is 1. The molecule has 0 radical (unpaired) electrons. The van der Waals surface area contributed by atoms with Crippen molar-refractivity contribution in [3.63, 3.8) is 0 Å². The monoisotopic (exact) mass is 282 g/mol. The van der Waals surface area contributed by atoms with Crippen LogP contribution in [0.5, 0.6) is 0 Å². The van der Waals surface area contributed by atoms with E-state index >= 15 is 0 Å². The number of carboxylic acids is 1. The van der Waals surface area contributed by atoms with Gasteiger partial charge in [-0.1, -0.05) is 6.92 Å². The van der Waals surface area contributed by atoms with Crippen molar-refractivity contribution < 1.29 is 19.5 Å². The lowest BCUT2D eigenvalue weighted by Gasteiger charge is -2.22. The maximum Gasteiger partial charge on any atom is 0.331 e. The molecule has 0 spiro atoms. The van der Waals surface area contributed by atoms with Crippen LogP contribution in [0.2, 0.25) is 0 Å². The summed E-state index contributed by atoms with van der Waals surface area (Å²) >= 11 is 0. The van der Waals surface area contributed by atoms with Crippen LogP contribution in [0.1, 0.15) is 40.0 Å². The van der Waals surface area contributed by atoms with E-state index in [0.29, 0.717) is 19.0 Å². The summed E-state index contributed by atoms with van der Waals surface area (Å²) in [6.07, 6.45) is 3.06. The first-order valence-electron chi connectivity index (χ1n) is 6.87. The molecule has 6 heteroatoms. The van der Waals surface area contributed by atoms with Gasteiger partial charge in [0.05, 0.1) is 0 Å². The van der Waals surface area contributed by atoms with Gasteiger partial charge in [-0.25, -0.2) is 9.59 Å². The second-order valence-corrected chi connectivity index (χ2v) is 5.20. The maximum absolute atomic E-state index is 12.0. The first-order valence-corrected chi connectivity index (χ1v) is 6.87. The van der Waals surface area contributed by atoms with E-state index in [1.165, 1.54) is 13.8 Å². The summed E-state index contributed by atoms with van der Waals surface area (Å²) in [7, 11) is 0. The average molecular weight is 282 g/mol. The second kappa shape index (κ2) is 7.07. The van der Waals surface area contributed by atoms with Gasteiger partial charge in [0.15, 0.2) is 0 Å². The molecule has 0 saturated heterocycles. The van der Waals surface area contributed by atoms with Gasteiger partial charge in [0.1, 0.15) is 0 Å². The average Bonchev–Trinajstić information content (AvgIpc) is 3.20. The number of aliphatic carboxylic acids is 1. The Morgan fingerprint density at radius 1 is 1.20 bits per heavy atom. The molecule has 1 fully saturated rings. The summed E-state index contributed by atoms with van der Waals surface area (Å²) in [5, 5.41) is 11.1. The summed E-state index contributed by atoms with van der Waals surface area (Å²) in [5.74, 6) is -1.26. The molecule has 0 heterocycles. The highest BCUT2D eigenvalue weighted by molar-refractivity contribution is 6.07. The number of hydrogen-bond donors (Lipinski definition) is 2. The van der Waals surface area contributed by atoms with Crippen molar-refractivity contribution in [2.24, 2.45) is 5.92 Å². The van der Waals surface area contributed by atoms with Crippen molar-refractivity contribution in [2.75, 3.05) is 13.1 Å². The molecule has 1 rings (SSSR count). The van der Waals surface area contributed by atoms with Gasteiger partial charge in [-0.15, -0.1) is 0 Å². The first-order chi connectivity index (χ1) is 9.36. The number of hydrogen-bond acceptors (Lipinski definition) is 3. The predicted octanol–water partition coefficient (Wildman–Crippen LogP) is 1.77. The summed E-state index contributed by atoms with van der Waals surface area (Å²) in [4.78, 5) is 36.3. The van der Waals surface area contributed by atoms with Gasteiger partial charge >= 0.3 is 12.0 Å². The van der Waals surface area contributed by atoms with E-state index in [9.17, 15) is 14.4 Å². The number of rotatable bonds is 6. The standard InChI is InChI=1S/C14H22N2O4/c1-4-7-16(8-11-5-6-11)14(20)15-12(17)9(2)10(3)13(18)19/h11H,4-8H2,1-3H3,(H,18,19)(H,15,17,20). The highest BCUT2D eigenvalue weighted by atomic mass is 16.4. The smallest absolute Gasteiger partial charge is 0.331 e. The number of nitrogens with one attached hydrogen (secondary N) is 1. The fourth-order valence-electron chi connectivity index (χ4n) is 1.76. The molecule has 1 aliphatic rings. The molecule has 6 nitrogen and oxygen atoms in total. The van der Waals surface area contributed by atoms with E-state index in [4.69, 9.17) is 5.11 Å². The van der Waals surface area contributed by atoms with Gasteiger partial charge in [-0.05, 0) is 39.0 Å². The van der Waals surface area contributed by atoms with Gasteiger partial charge in [0.2, 0.25) is 0 Å². The van der Waals surface area contributed by atoms with Crippen LogP contribution in [0.25, 0.3) is 0 Å². The van der Waals surface area contributed by atoms with Gasteiger partial charge in [0, 0.05) is 24.2 Å². The molecule has 0 bridgehead atoms. The van der Waals surface area contributed by atoms with Gasteiger partial charge in [-0.3, -0.25) is 10.1 Å². The van der Waals surface area contributed by atoms with E-state index in [-0.39, 0.29) is 11.1 Å². The van der Waals surface area contributed by atoms with Crippen molar-refractivity contribution in [1.29, 1.82) is 0 Å². The predicted molar refractivity (Wildman–Crippen MR) is 74.1 cm³/mol. The van der Waals surface area contributed by atoms with Crippen LogP contribution < -0.4 is 5.32 Å². The fourth-order valence-corrected chi connectivity index (χ4v) is 1.76. The maximum atomic E-state index is 12.0. The molecule has 0 aromatic carbocycles. The quantitative estimate of drug-likeness (QED) is 0.727. The van der Waals surface area contributed by atoms with Gasteiger partial charge in [-0.2, -0.15) is 0 Å². The number of amides is 3. The zero-order valence-electron chi connectivity index (χ0n) is 12.2. The molecule has 0 unspecified atom stereocenters. The normalized spacial score (nSPS) is 15.3. The van der Waals surface area contributed by atoms with Crippen LogP contribution in [0.15, 0.2) is 11.1 Å². The highest BCUT2D eigenvalue weighted by Crippen LogP contribution is 2.29. The van der Waals surface area contributed by atoms with Crippen LogP contribution in [-0.4, -0.2) is 41.0 Å². The summed E-state index contributed by atoms with van der Waals surface area (Å²) in [6, 6.07) is -0.443. The Labute approximate surface area is 118 Å². The van der Waals surface area contributed by atoms with Crippen LogP contribution in [0.4, 0.5) is 4.79 Å². The van der Waals surface area contributed by atoms with Crippen LogP contribution >= 0.6 is 0 Å². The zero-order chi connectivity index (χ0) is 15.3. The van der Waals surface area contributed by atoms with Crippen LogP contribution in [-0.2, 0) is 9.59 Å². The number of nitrogens with zero attached hydrogens (tertiary/aromatic N) is 1. The molecule has 0 aromatic rings. The zero-order valence-corrected chi connectivity index (χ0v) is 12.2. The molecule has 112 valence electrons. The Morgan fingerprint density at radius 2 is 1.80 bits per heavy atom. The minimum atomic E-state index is -1.16. The van der Waals surface area contributed by atoms with E-state index in [0.717, 1.165) is 19.3 Å². The lowest BCUT2D eigenvalue weighted by atomic mass is 10.1. The molecule has 1 saturated carbocycles. The van der Waals surface area contributed by atoms with E-state index < -0.39 is 17.9 Å². The third-order valence-corrected chi connectivity index (χ3v) is 3.40. The van der Waals surface area contributed by atoms with Crippen LogP contribution in [0, 0.1) is 5.92 Å². The Kier molecular flexibility index (Phi) is 5.73. The number of carbonyl (C=O) groups excluding carboxylic acids is 2. The van der Waals surface area contributed by atoms with E-state index in [1.807, 2.05) is 6.92 Å². The highest BCUT2D eigenvalue weighted by Gasteiger charge is 2.27. The Hall–Kier alpha value is -1.85. The number of carboxylic acid groups (broad SMARTS) is 1. The van der Waals surface area contributed by atoms with Crippen molar-refractivity contribution in [3.8, 4) is 0 Å².